The van der Waals surface area contributed by atoms with Crippen molar-refractivity contribution in [3.05, 3.63) is 59.7 Å². The number of hydrogen-bond donors (Lipinski definition) is 1. The summed E-state index contributed by atoms with van der Waals surface area (Å²) in [4.78, 5) is 0. The van der Waals surface area contributed by atoms with Crippen molar-refractivity contribution >= 4 is 46.6 Å². The van der Waals surface area contributed by atoms with Gasteiger partial charge in [-0.1, -0.05) is 79.8 Å². The molecule has 0 heterocycles. The summed E-state index contributed by atoms with van der Waals surface area (Å²) in [6, 6.07) is 18.8. The number of nitrogens with one attached hydrogen (secondary N) is 1. The second-order valence-corrected chi connectivity index (χ2v) is 15.3. The molecule has 0 radical (unpaired) electrons. The summed E-state index contributed by atoms with van der Waals surface area (Å²) in [5, 5.41) is 0. The molecule has 5 nitrogen and oxygen atoms in total. The average Bonchev–Trinajstić information content (AvgIpc) is 2.71. The van der Waals surface area contributed by atoms with Gasteiger partial charge < -0.3 is 9.16 Å². The SMILES string of the molecule is CC[Si](CC)(CC)OC(I)Cc1ccc(OCc2ccccc2)c(NS(C)(=O)=O)c1. The topological polar surface area (TPSA) is 64.6 Å². The Morgan fingerprint density at radius 2 is 1.63 bits per heavy atom. The summed E-state index contributed by atoms with van der Waals surface area (Å²) >= 11 is 2.36. The van der Waals surface area contributed by atoms with Crippen molar-refractivity contribution in [2.45, 2.75) is 56.0 Å². The highest BCUT2D eigenvalue weighted by Crippen LogP contribution is 2.31. The molecule has 1 atom stereocenters. The fraction of sp³-hybridized carbons (Fsp3) is 0.455. The van der Waals surface area contributed by atoms with Gasteiger partial charge in [-0.05, 0) is 41.4 Å². The molecule has 8 heteroatoms. The van der Waals surface area contributed by atoms with Crippen molar-refractivity contribution in [3.63, 3.8) is 0 Å². The number of hydrogen-bond acceptors (Lipinski definition) is 4. The van der Waals surface area contributed by atoms with Crippen LogP contribution >= 0.6 is 22.6 Å². The Hall–Kier alpha value is -1.10. The largest absolute Gasteiger partial charge is 0.487 e. The Morgan fingerprint density at radius 3 is 2.20 bits per heavy atom. The van der Waals surface area contributed by atoms with Gasteiger partial charge in [-0.25, -0.2) is 8.42 Å². The van der Waals surface area contributed by atoms with Crippen molar-refractivity contribution in [1.29, 1.82) is 0 Å². The molecular weight excluding hydrogens is 529 g/mol. The third kappa shape index (κ3) is 7.86. The van der Waals surface area contributed by atoms with E-state index < -0.39 is 18.3 Å². The molecule has 1 unspecified atom stereocenters. The van der Waals surface area contributed by atoms with Gasteiger partial charge in [-0.3, -0.25) is 4.72 Å². The number of anilines is 1. The molecule has 2 rings (SSSR count). The van der Waals surface area contributed by atoms with Crippen LogP contribution in [0.3, 0.4) is 0 Å². The van der Waals surface area contributed by atoms with Crippen LogP contribution in [-0.4, -0.2) is 27.1 Å². The molecule has 2 aromatic rings. The number of alkyl halides is 1. The number of halogens is 1. The maximum Gasteiger partial charge on any atom is 0.229 e. The second-order valence-electron chi connectivity index (χ2n) is 7.45. The van der Waals surface area contributed by atoms with E-state index in [1.54, 1.807) is 0 Å². The summed E-state index contributed by atoms with van der Waals surface area (Å²) in [6.45, 7) is 7.02. The molecule has 0 saturated carbocycles. The molecule has 2 aromatic carbocycles. The first kappa shape index (κ1) is 25.2. The first-order valence-corrected chi connectivity index (χ1v) is 16.0. The van der Waals surface area contributed by atoms with Crippen molar-refractivity contribution in [1.82, 2.24) is 0 Å². The molecule has 30 heavy (non-hydrogen) atoms. The summed E-state index contributed by atoms with van der Waals surface area (Å²) in [6.07, 6.45) is 1.86. The molecule has 0 aliphatic rings. The Balaban J connectivity index is 2.18. The first-order chi connectivity index (χ1) is 14.2. The fourth-order valence-electron chi connectivity index (χ4n) is 3.34. The van der Waals surface area contributed by atoms with E-state index in [0.29, 0.717) is 24.5 Å². The lowest BCUT2D eigenvalue weighted by molar-refractivity contribution is 0.285. The van der Waals surface area contributed by atoms with Crippen LogP contribution in [0.15, 0.2) is 48.5 Å². The van der Waals surface area contributed by atoms with E-state index in [4.69, 9.17) is 9.16 Å². The number of benzene rings is 2. The number of ether oxygens (including phenoxy) is 1. The zero-order chi connectivity index (χ0) is 22.2. The second kappa shape index (κ2) is 11.5. The Bertz CT molecular complexity index is 896. The summed E-state index contributed by atoms with van der Waals surface area (Å²) in [5.41, 5.74) is 2.49. The molecule has 0 amide bonds. The Morgan fingerprint density at radius 1 is 1.00 bits per heavy atom. The molecule has 166 valence electrons. The predicted octanol–water partition coefficient (Wildman–Crippen LogP) is 5.96. The van der Waals surface area contributed by atoms with Crippen molar-refractivity contribution in [2.75, 3.05) is 11.0 Å². The molecule has 0 fully saturated rings. The summed E-state index contributed by atoms with van der Waals surface area (Å²) in [7, 11) is -5.12. The van der Waals surface area contributed by atoms with Crippen LogP contribution in [0, 0.1) is 0 Å². The van der Waals surface area contributed by atoms with Gasteiger partial charge in [0, 0.05) is 6.42 Å². The molecule has 0 aliphatic carbocycles. The zero-order valence-electron chi connectivity index (χ0n) is 18.2. The zero-order valence-corrected chi connectivity index (χ0v) is 22.1. The van der Waals surface area contributed by atoms with Crippen molar-refractivity contribution < 1.29 is 17.6 Å². The lowest BCUT2D eigenvalue weighted by Gasteiger charge is -2.31. The Kier molecular flexibility index (Phi) is 9.64. The van der Waals surface area contributed by atoms with E-state index in [2.05, 4.69) is 48.1 Å². The molecular formula is C22H32INO4SSi. The van der Waals surface area contributed by atoms with Gasteiger partial charge in [-0.2, -0.15) is 0 Å². The molecule has 0 bridgehead atoms. The lowest BCUT2D eigenvalue weighted by atomic mass is 10.1. The van der Waals surface area contributed by atoms with Crippen molar-refractivity contribution in [3.8, 4) is 5.75 Å². The third-order valence-corrected chi connectivity index (χ3v) is 11.7. The van der Waals surface area contributed by atoms with Gasteiger partial charge in [0.05, 0.1) is 11.9 Å². The summed E-state index contributed by atoms with van der Waals surface area (Å²) < 4.78 is 38.8. The van der Waals surface area contributed by atoms with Crippen LogP contribution in [0.4, 0.5) is 5.69 Å². The van der Waals surface area contributed by atoms with Gasteiger partial charge in [0.15, 0.2) is 8.32 Å². The van der Waals surface area contributed by atoms with E-state index in [1.165, 1.54) is 0 Å². The molecule has 0 aliphatic heterocycles. The van der Waals surface area contributed by atoms with E-state index >= 15 is 0 Å². The normalized spacial score (nSPS) is 13.1. The standard InChI is InChI=1S/C22H32INO4SSi/c1-5-30(6-2,7-3)28-22(23)16-19-13-14-21(20(15-19)24-29(4,25)26)27-17-18-11-9-8-10-12-18/h8-15,22,24H,5-7,16-17H2,1-4H3. The van der Waals surface area contributed by atoms with Crippen LogP contribution in [0.5, 0.6) is 5.75 Å². The van der Waals surface area contributed by atoms with Crippen LogP contribution in [0.1, 0.15) is 31.9 Å². The quantitative estimate of drug-likeness (QED) is 0.197. The van der Waals surface area contributed by atoms with Gasteiger partial charge in [0.25, 0.3) is 0 Å². The minimum Gasteiger partial charge on any atom is -0.487 e. The van der Waals surface area contributed by atoms with Crippen molar-refractivity contribution in [2.24, 2.45) is 0 Å². The lowest BCUT2D eigenvalue weighted by Crippen LogP contribution is -2.38. The maximum atomic E-state index is 11.9. The van der Waals surface area contributed by atoms with Crippen LogP contribution in [0.25, 0.3) is 0 Å². The molecule has 0 spiro atoms. The Labute approximate surface area is 195 Å². The highest BCUT2D eigenvalue weighted by Gasteiger charge is 2.31. The van der Waals surface area contributed by atoms with Gasteiger partial charge >= 0.3 is 0 Å². The average molecular weight is 562 g/mol. The maximum absolute atomic E-state index is 11.9. The van der Waals surface area contributed by atoms with Crippen LogP contribution < -0.4 is 9.46 Å². The number of sulfonamides is 1. The van der Waals surface area contributed by atoms with E-state index in [9.17, 15) is 8.42 Å². The van der Waals surface area contributed by atoms with Crippen LogP contribution in [-0.2, 0) is 27.5 Å². The van der Waals surface area contributed by atoms with Gasteiger partial charge in [0.1, 0.15) is 16.5 Å². The third-order valence-electron chi connectivity index (χ3n) is 5.28. The minimum absolute atomic E-state index is 0.0521. The predicted molar refractivity (Wildman–Crippen MR) is 135 cm³/mol. The molecule has 0 saturated heterocycles. The molecule has 1 N–H and O–H groups in total. The van der Waals surface area contributed by atoms with Crippen LogP contribution in [0.2, 0.25) is 18.1 Å². The highest BCUT2D eigenvalue weighted by atomic mass is 127. The van der Waals surface area contributed by atoms with Gasteiger partial charge in [-0.15, -0.1) is 0 Å². The minimum atomic E-state index is -3.42. The van der Waals surface area contributed by atoms with E-state index in [1.807, 2.05) is 48.5 Å². The van der Waals surface area contributed by atoms with E-state index in [-0.39, 0.29) is 4.11 Å². The highest BCUT2D eigenvalue weighted by molar-refractivity contribution is 14.1. The number of rotatable bonds is 12. The fourth-order valence-corrected chi connectivity index (χ4v) is 8.65. The smallest absolute Gasteiger partial charge is 0.229 e. The monoisotopic (exact) mass is 561 g/mol. The van der Waals surface area contributed by atoms with E-state index in [0.717, 1.165) is 35.5 Å². The summed E-state index contributed by atoms with van der Waals surface area (Å²) in [5.74, 6) is 0.512. The molecule has 0 aromatic heterocycles. The van der Waals surface area contributed by atoms with Gasteiger partial charge in [0.2, 0.25) is 10.0 Å². The first-order valence-electron chi connectivity index (χ1n) is 10.3.